The molecule has 0 aliphatic carbocycles. The van der Waals surface area contributed by atoms with Crippen LogP contribution in [0.2, 0.25) is 5.15 Å². The predicted molar refractivity (Wildman–Crippen MR) is 112 cm³/mol. The number of hydrogen-bond acceptors (Lipinski definition) is 5. The fourth-order valence-corrected chi connectivity index (χ4v) is 3.86. The molecule has 2 aromatic heterocycles. The number of fused-ring (bicyclic) bond motifs is 1. The van der Waals surface area contributed by atoms with Crippen molar-refractivity contribution in [3.8, 4) is 0 Å². The van der Waals surface area contributed by atoms with Gasteiger partial charge < -0.3 is 10.2 Å². The molecule has 1 aliphatic heterocycles. The van der Waals surface area contributed by atoms with Crippen LogP contribution in [-0.4, -0.2) is 56.3 Å². The molecule has 1 amide bonds. The lowest BCUT2D eigenvalue weighted by atomic mass is 10.0. The van der Waals surface area contributed by atoms with Crippen molar-refractivity contribution < 1.29 is 4.79 Å². The molecule has 3 aromatic rings. The molecule has 0 spiro atoms. The maximum Gasteiger partial charge on any atom is 0.220 e. The summed E-state index contributed by atoms with van der Waals surface area (Å²) in [5, 5.41) is 15.9. The van der Waals surface area contributed by atoms with E-state index in [0.717, 1.165) is 38.9 Å². The molecule has 0 atom stereocenters. The number of aromatic nitrogens is 4. The first-order valence-electron chi connectivity index (χ1n) is 10.1. The number of carbonyl (C=O) groups excluding carboxylic acids is 1. The summed E-state index contributed by atoms with van der Waals surface area (Å²) in [6.45, 7) is 3.12. The summed E-state index contributed by atoms with van der Waals surface area (Å²) < 4.78 is 1.60. The lowest BCUT2D eigenvalue weighted by molar-refractivity contribution is -0.122. The van der Waals surface area contributed by atoms with E-state index < -0.39 is 0 Å². The molecule has 7 nitrogen and oxygen atoms in total. The smallest absolute Gasteiger partial charge is 0.220 e. The first-order valence-corrected chi connectivity index (χ1v) is 10.5. The van der Waals surface area contributed by atoms with Gasteiger partial charge in [-0.25, -0.2) is 0 Å². The van der Waals surface area contributed by atoms with E-state index in [0.29, 0.717) is 29.5 Å². The number of piperidine rings is 1. The van der Waals surface area contributed by atoms with Crippen LogP contribution in [0.4, 0.5) is 0 Å². The van der Waals surface area contributed by atoms with Crippen molar-refractivity contribution in [3.05, 3.63) is 59.0 Å². The van der Waals surface area contributed by atoms with Crippen molar-refractivity contribution in [1.82, 2.24) is 30.0 Å². The van der Waals surface area contributed by atoms with Crippen LogP contribution in [0.3, 0.4) is 0 Å². The van der Waals surface area contributed by atoms with E-state index in [1.807, 2.05) is 0 Å². The maximum absolute atomic E-state index is 12.4. The number of halogens is 1. The maximum atomic E-state index is 12.4. The molecule has 29 heavy (non-hydrogen) atoms. The third kappa shape index (κ3) is 5.31. The van der Waals surface area contributed by atoms with Gasteiger partial charge in [0.2, 0.25) is 5.91 Å². The number of hydrogen-bond donors (Lipinski definition) is 1. The van der Waals surface area contributed by atoms with Crippen LogP contribution in [0, 0.1) is 0 Å². The van der Waals surface area contributed by atoms with Gasteiger partial charge in [0, 0.05) is 38.5 Å². The Morgan fingerprint density at radius 2 is 1.86 bits per heavy atom. The summed E-state index contributed by atoms with van der Waals surface area (Å²) in [7, 11) is 0. The zero-order chi connectivity index (χ0) is 20.1. The fraction of sp³-hybridized carbons (Fsp3) is 0.429. The largest absolute Gasteiger partial charge is 0.353 e. The SMILES string of the molecule is O=C(CCc1nnc2ccc(Cl)nn12)NC1CCN(CCc2ccccc2)CC1. The second-order valence-electron chi connectivity index (χ2n) is 7.46. The van der Waals surface area contributed by atoms with E-state index in [4.69, 9.17) is 11.6 Å². The average molecular weight is 413 g/mol. The summed E-state index contributed by atoms with van der Waals surface area (Å²) in [5.74, 6) is 0.694. The van der Waals surface area contributed by atoms with E-state index in [-0.39, 0.29) is 11.9 Å². The van der Waals surface area contributed by atoms with Crippen molar-refractivity contribution in [1.29, 1.82) is 0 Å². The molecule has 1 N–H and O–H groups in total. The highest BCUT2D eigenvalue weighted by molar-refractivity contribution is 6.29. The topological polar surface area (TPSA) is 75.4 Å². The van der Waals surface area contributed by atoms with Gasteiger partial charge in [0.15, 0.2) is 11.5 Å². The minimum atomic E-state index is 0.0477. The number of rotatable bonds is 7. The van der Waals surface area contributed by atoms with E-state index >= 15 is 0 Å². The zero-order valence-corrected chi connectivity index (χ0v) is 17.1. The Hall–Kier alpha value is -2.51. The molecule has 1 aliphatic rings. The first-order chi connectivity index (χ1) is 14.2. The van der Waals surface area contributed by atoms with Crippen LogP contribution in [0.25, 0.3) is 5.65 Å². The van der Waals surface area contributed by atoms with E-state index in [1.54, 1.807) is 16.6 Å². The Kier molecular flexibility index (Phi) is 6.36. The monoisotopic (exact) mass is 412 g/mol. The van der Waals surface area contributed by atoms with Crippen LogP contribution in [0.15, 0.2) is 42.5 Å². The fourth-order valence-electron chi connectivity index (χ4n) is 3.72. The lowest BCUT2D eigenvalue weighted by Gasteiger charge is -2.32. The quantitative estimate of drug-likeness (QED) is 0.645. The molecular formula is C21H25ClN6O. The Balaban J connectivity index is 1.19. The second kappa shape index (κ2) is 9.33. The molecule has 0 radical (unpaired) electrons. The highest BCUT2D eigenvalue weighted by Crippen LogP contribution is 2.13. The molecule has 0 bridgehead atoms. The van der Waals surface area contributed by atoms with Crippen LogP contribution in [0.1, 0.15) is 30.7 Å². The predicted octanol–water partition coefficient (Wildman–Crippen LogP) is 2.53. The number of likely N-dealkylation sites (tertiary alicyclic amines) is 1. The molecule has 8 heteroatoms. The minimum Gasteiger partial charge on any atom is -0.353 e. The van der Waals surface area contributed by atoms with Crippen molar-refractivity contribution in [2.45, 2.75) is 38.1 Å². The number of amides is 1. The summed E-state index contributed by atoms with van der Waals surface area (Å²) in [5.41, 5.74) is 2.01. The van der Waals surface area contributed by atoms with E-state index in [2.05, 4.69) is 55.8 Å². The number of aryl methyl sites for hydroxylation is 1. The number of nitrogens with one attached hydrogen (secondary N) is 1. The molecule has 3 heterocycles. The van der Waals surface area contributed by atoms with Crippen LogP contribution in [-0.2, 0) is 17.6 Å². The van der Waals surface area contributed by atoms with Gasteiger partial charge in [-0.1, -0.05) is 41.9 Å². The first kappa shape index (κ1) is 19.8. The molecule has 0 saturated carbocycles. The summed E-state index contributed by atoms with van der Waals surface area (Å²) in [6.07, 6.45) is 3.90. The van der Waals surface area contributed by atoms with Crippen molar-refractivity contribution >= 4 is 23.2 Å². The molecule has 4 rings (SSSR count). The Morgan fingerprint density at radius 3 is 2.66 bits per heavy atom. The van der Waals surface area contributed by atoms with Crippen LogP contribution < -0.4 is 5.32 Å². The van der Waals surface area contributed by atoms with Crippen molar-refractivity contribution in [3.63, 3.8) is 0 Å². The zero-order valence-electron chi connectivity index (χ0n) is 16.3. The van der Waals surface area contributed by atoms with Crippen molar-refractivity contribution in [2.24, 2.45) is 0 Å². The van der Waals surface area contributed by atoms with Crippen LogP contribution in [0.5, 0.6) is 0 Å². The third-order valence-corrected chi connectivity index (χ3v) is 5.58. The van der Waals surface area contributed by atoms with E-state index in [1.165, 1.54) is 5.56 Å². The minimum absolute atomic E-state index is 0.0477. The molecule has 1 saturated heterocycles. The normalized spacial score (nSPS) is 15.6. The van der Waals surface area contributed by atoms with Gasteiger partial charge in [0.1, 0.15) is 5.15 Å². The summed E-state index contributed by atoms with van der Waals surface area (Å²) in [6, 6.07) is 14.3. The van der Waals surface area contributed by atoms with Gasteiger partial charge in [0.05, 0.1) is 0 Å². The number of carbonyl (C=O) groups is 1. The van der Waals surface area contributed by atoms with Gasteiger partial charge in [-0.3, -0.25) is 4.79 Å². The van der Waals surface area contributed by atoms with Gasteiger partial charge in [-0.2, -0.15) is 9.61 Å². The molecule has 0 unspecified atom stereocenters. The standard InChI is InChI=1S/C21H25ClN6O/c22-18-6-7-19-24-25-20(28(19)26-18)8-9-21(29)23-17-11-14-27(15-12-17)13-10-16-4-2-1-3-5-16/h1-7,17H,8-15H2,(H,23,29). The molecule has 1 fully saturated rings. The molecule has 1 aromatic carbocycles. The van der Waals surface area contributed by atoms with Gasteiger partial charge >= 0.3 is 0 Å². The Labute approximate surface area is 175 Å². The highest BCUT2D eigenvalue weighted by Gasteiger charge is 2.20. The number of benzene rings is 1. The highest BCUT2D eigenvalue weighted by atomic mass is 35.5. The van der Waals surface area contributed by atoms with Gasteiger partial charge in [-0.05, 0) is 37.0 Å². The Bertz CT molecular complexity index is 952. The van der Waals surface area contributed by atoms with Gasteiger partial charge in [0.25, 0.3) is 0 Å². The number of nitrogens with zero attached hydrogens (tertiary/aromatic N) is 5. The second-order valence-corrected chi connectivity index (χ2v) is 7.85. The average Bonchev–Trinajstić information content (AvgIpc) is 3.14. The van der Waals surface area contributed by atoms with Gasteiger partial charge in [-0.15, -0.1) is 10.2 Å². The van der Waals surface area contributed by atoms with Crippen molar-refractivity contribution in [2.75, 3.05) is 19.6 Å². The molecular weight excluding hydrogens is 388 g/mol. The lowest BCUT2D eigenvalue weighted by Crippen LogP contribution is -2.45. The third-order valence-electron chi connectivity index (χ3n) is 5.38. The van der Waals surface area contributed by atoms with Crippen LogP contribution >= 0.6 is 11.6 Å². The molecule has 152 valence electrons. The van der Waals surface area contributed by atoms with E-state index in [9.17, 15) is 4.79 Å². The Morgan fingerprint density at radius 1 is 1.07 bits per heavy atom. The summed E-state index contributed by atoms with van der Waals surface area (Å²) >= 11 is 5.94. The summed E-state index contributed by atoms with van der Waals surface area (Å²) in [4.78, 5) is 14.9.